The monoisotopic (exact) mass is 337 g/mol. The summed E-state index contributed by atoms with van der Waals surface area (Å²) in [5.74, 6) is 0.0963. The van der Waals surface area contributed by atoms with E-state index in [-0.39, 0.29) is 11.9 Å². The molecule has 0 bridgehead atoms. The quantitative estimate of drug-likeness (QED) is 0.865. The molecule has 6 heteroatoms. The van der Waals surface area contributed by atoms with Crippen molar-refractivity contribution in [1.82, 2.24) is 14.7 Å². The lowest BCUT2D eigenvalue weighted by Gasteiger charge is -2.24. The Bertz CT molecular complexity index is 807. The number of likely N-dealkylation sites (tertiary alicyclic amines) is 1. The van der Waals surface area contributed by atoms with Crippen molar-refractivity contribution in [1.29, 1.82) is 0 Å². The van der Waals surface area contributed by atoms with Crippen LogP contribution in [0.1, 0.15) is 48.1 Å². The van der Waals surface area contributed by atoms with E-state index in [1.165, 1.54) is 0 Å². The molecule has 2 aromatic rings. The van der Waals surface area contributed by atoms with E-state index < -0.39 is 0 Å². The van der Waals surface area contributed by atoms with Crippen LogP contribution in [0.2, 0.25) is 0 Å². The number of aromatic nitrogens is 2. The fourth-order valence-corrected chi connectivity index (χ4v) is 3.67. The second-order valence-electron chi connectivity index (χ2n) is 6.86. The van der Waals surface area contributed by atoms with Crippen molar-refractivity contribution in [3.05, 3.63) is 47.8 Å². The van der Waals surface area contributed by atoms with E-state index in [0.717, 1.165) is 54.9 Å². The number of hydrogen-bond donors (Lipinski definition) is 0. The van der Waals surface area contributed by atoms with Gasteiger partial charge in [0.2, 0.25) is 0 Å². The van der Waals surface area contributed by atoms with Crippen LogP contribution in [0, 0.1) is 0 Å². The van der Waals surface area contributed by atoms with Gasteiger partial charge in [-0.2, -0.15) is 10.2 Å². The Kier molecular flexibility index (Phi) is 4.03. The molecule has 1 aromatic carbocycles. The Labute approximate surface area is 147 Å². The molecule has 25 heavy (non-hydrogen) atoms. The minimum Gasteiger partial charge on any atom is -0.331 e. The van der Waals surface area contributed by atoms with Crippen molar-refractivity contribution in [2.45, 2.75) is 32.2 Å². The largest absolute Gasteiger partial charge is 0.331 e. The number of hydrogen-bond acceptors (Lipinski definition) is 4. The highest BCUT2D eigenvalue weighted by Crippen LogP contribution is 2.33. The molecule has 0 aliphatic carbocycles. The molecule has 1 atom stereocenters. The van der Waals surface area contributed by atoms with Crippen LogP contribution in [0.3, 0.4) is 0 Å². The summed E-state index contributed by atoms with van der Waals surface area (Å²) in [6, 6.07) is 7.94. The maximum atomic E-state index is 13.0. The van der Waals surface area contributed by atoms with Crippen LogP contribution < -0.4 is 5.01 Å². The van der Waals surface area contributed by atoms with Crippen molar-refractivity contribution in [2.75, 3.05) is 18.1 Å². The highest BCUT2D eigenvalue weighted by Gasteiger charge is 2.31. The molecule has 6 nitrogen and oxygen atoms in total. The lowest BCUT2D eigenvalue weighted by molar-refractivity contribution is 0.0735. The average molecular weight is 337 g/mol. The molecule has 1 saturated heterocycles. The van der Waals surface area contributed by atoms with E-state index in [2.05, 4.69) is 10.2 Å². The van der Waals surface area contributed by atoms with Crippen molar-refractivity contribution >= 4 is 17.3 Å². The molecule has 0 radical (unpaired) electrons. The number of hydrazone groups is 1. The predicted octanol–water partition coefficient (Wildman–Crippen LogP) is 2.98. The van der Waals surface area contributed by atoms with Crippen LogP contribution in [0.25, 0.3) is 0 Å². The topological polar surface area (TPSA) is 53.7 Å². The van der Waals surface area contributed by atoms with Gasteiger partial charge in [0, 0.05) is 49.6 Å². The molecule has 4 rings (SSSR count). The normalized spacial score (nSPS) is 20.2. The van der Waals surface area contributed by atoms with Gasteiger partial charge in [-0.3, -0.25) is 14.5 Å². The molecule has 130 valence electrons. The van der Waals surface area contributed by atoms with E-state index in [0.29, 0.717) is 0 Å². The van der Waals surface area contributed by atoms with Crippen molar-refractivity contribution in [3.8, 4) is 0 Å². The summed E-state index contributed by atoms with van der Waals surface area (Å²) in [6.07, 6.45) is 6.91. The third-order valence-electron chi connectivity index (χ3n) is 5.01. The summed E-state index contributed by atoms with van der Waals surface area (Å²) in [7, 11) is 1.91. The van der Waals surface area contributed by atoms with Gasteiger partial charge < -0.3 is 4.90 Å². The molecule has 3 heterocycles. The van der Waals surface area contributed by atoms with E-state index >= 15 is 0 Å². The Hall–Kier alpha value is -2.63. The zero-order valence-corrected chi connectivity index (χ0v) is 14.7. The molecule has 0 saturated carbocycles. The number of carbonyl (C=O) groups excluding carboxylic acids is 1. The average Bonchev–Trinajstić information content (AvgIpc) is 3.34. The summed E-state index contributed by atoms with van der Waals surface area (Å²) < 4.78 is 1.80. The van der Waals surface area contributed by atoms with Gasteiger partial charge in [0.1, 0.15) is 0 Å². The van der Waals surface area contributed by atoms with Gasteiger partial charge >= 0.3 is 0 Å². The summed E-state index contributed by atoms with van der Waals surface area (Å²) in [5, 5.41) is 10.8. The smallest absolute Gasteiger partial charge is 0.254 e. The molecule has 0 N–H and O–H groups in total. The highest BCUT2D eigenvalue weighted by molar-refractivity contribution is 5.95. The molecule has 0 unspecified atom stereocenters. The lowest BCUT2D eigenvalue weighted by Crippen LogP contribution is -2.30. The Morgan fingerprint density at radius 3 is 2.64 bits per heavy atom. The minimum atomic E-state index is 0.0963. The van der Waals surface area contributed by atoms with Crippen LogP contribution in [-0.2, 0) is 7.05 Å². The van der Waals surface area contributed by atoms with E-state index in [1.807, 2.05) is 60.5 Å². The molecule has 2 aliphatic heterocycles. The van der Waals surface area contributed by atoms with Gasteiger partial charge in [-0.15, -0.1) is 0 Å². The third-order valence-corrected chi connectivity index (χ3v) is 5.01. The zero-order chi connectivity index (χ0) is 17.4. The fourth-order valence-electron chi connectivity index (χ4n) is 3.67. The number of benzene rings is 1. The summed E-state index contributed by atoms with van der Waals surface area (Å²) in [5.41, 5.74) is 4.04. The van der Waals surface area contributed by atoms with Gasteiger partial charge in [-0.05, 0) is 44.0 Å². The molecular weight excluding hydrogens is 314 g/mol. The van der Waals surface area contributed by atoms with Gasteiger partial charge in [-0.1, -0.05) is 0 Å². The van der Waals surface area contributed by atoms with Crippen molar-refractivity contribution in [3.63, 3.8) is 0 Å². The van der Waals surface area contributed by atoms with Crippen LogP contribution in [0.15, 0.2) is 41.8 Å². The predicted molar refractivity (Wildman–Crippen MR) is 97.7 cm³/mol. The third kappa shape index (κ3) is 3.04. The summed E-state index contributed by atoms with van der Waals surface area (Å²) >= 11 is 0. The number of aryl methyl sites for hydroxylation is 1. The number of anilines is 1. The molecule has 1 fully saturated rings. The van der Waals surface area contributed by atoms with Crippen LogP contribution in [-0.4, -0.2) is 39.4 Å². The first-order chi connectivity index (χ1) is 12.1. The molecular formula is C19H23N5O. The van der Waals surface area contributed by atoms with E-state index in [4.69, 9.17) is 0 Å². The standard InChI is InChI=1S/C19H23N5O/c1-14-9-11-24(21-14)17-7-5-15(6-8-17)19(25)23-10-3-4-18(23)16-12-20-22(2)13-16/h5-8,12-13,18H,3-4,9-11H2,1-2H3/t18-/m0/s1. The second-order valence-corrected chi connectivity index (χ2v) is 6.86. The van der Waals surface area contributed by atoms with Crippen LogP contribution >= 0.6 is 0 Å². The first kappa shape index (κ1) is 15.9. The fraction of sp³-hybridized carbons (Fsp3) is 0.421. The van der Waals surface area contributed by atoms with Crippen LogP contribution in [0.4, 0.5) is 5.69 Å². The Morgan fingerprint density at radius 1 is 1.20 bits per heavy atom. The number of carbonyl (C=O) groups is 1. The Morgan fingerprint density at radius 2 is 2.00 bits per heavy atom. The maximum absolute atomic E-state index is 13.0. The first-order valence-corrected chi connectivity index (χ1v) is 8.83. The second kappa shape index (κ2) is 6.35. The summed E-state index contributed by atoms with van der Waals surface area (Å²) in [6.45, 7) is 3.76. The van der Waals surface area contributed by atoms with Crippen molar-refractivity contribution < 1.29 is 4.79 Å². The number of nitrogens with zero attached hydrogens (tertiary/aromatic N) is 5. The van der Waals surface area contributed by atoms with Crippen molar-refractivity contribution in [2.24, 2.45) is 12.1 Å². The minimum absolute atomic E-state index is 0.0963. The van der Waals surface area contributed by atoms with Crippen LogP contribution in [0.5, 0.6) is 0 Å². The zero-order valence-electron chi connectivity index (χ0n) is 14.7. The molecule has 2 aliphatic rings. The van der Waals surface area contributed by atoms with E-state index in [9.17, 15) is 4.79 Å². The highest BCUT2D eigenvalue weighted by atomic mass is 16.2. The molecule has 1 amide bonds. The lowest BCUT2D eigenvalue weighted by atomic mass is 10.1. The van der Waals surface area contributed by atoms with Gasteiger partial charge in [0.05, 0.1) is 17.9 Å². The SMILES string of the molecule is CC1=NN(c2ccc(C(=O)N3CCC[C@H]3c3cnn(C)c3)cc2)CC1. The first-order valence-electron chi connectivity index (χ1n) is 8.83. The van der Waals surface area contributed by atoms with Gasteiger partial charge in [-0.25, -0.2) is 0 Å². The van der Waals surface area contributed by atoms with Gasteiger partial charge in [0.25, 0.3) is 5.91 Å². The molecule has 0 spiro atoms. The van der Waals surface area contributed by atoms with Gasteiger partial charge in [0.15, 0.2) is 0 Å². The molecule has 1 aromatic heterocycles. The van der Waals surface area contributed by atoms with E-state index in [1.54, 1.807) is 4.68 Å². The summed E-state index contributed by atoms with van der Waals surface area (Å²) in [4.78, 5) is 15.0. The number of amides is 1. The Balaban J connectivity index is 1.52. The number of rotatable bonds is 3. The maximum Gasteiger partial charge on any atom is 0.254 e.